The number of fused-ring (bicyclic) bond motifs is 1. The molecule has 6 nitrogen and oxygen atoms in total. The van der Waals surface area contributed by atoms with Gasteiger partial charge in [0.15, 0.2) is 0 Å². The lowest BCUT2D eigenvalue weighted by Gasteiger charge is -2.19. The number of anilines is 1. The van der Waals surface area contributed by atoms with Gasteiger partial charge in [0.2, 0.25) is 17.7 Å². The van der Waals surface area contributed by atoms with Crippen LogP contribution in [0.5, 0.6) is 0 Å². The van der Waals surface area contributed by atoms with Crippen LogP contribution in [0.1, 0.15) is 49.5 Å². The molecular formula is C18H21N3O3S. The molecule has 0 aromatic carbocycles. The van der Waals surface area contributed by atoms with Gasteiger partial charge in [-0.1, -0.05) is 19.8 Å². The highest BCUT2D eigenvalue weighted by atomic mass is 32.1. The van der Waals surface area contributed by atoms with Gasteiger partial charge < -0.3 is 5.32 Å². The summed E-state index contributed by atoms with van der Waals surface area (Å²) in [6.07, 6.45) is 4.39. The molecule has 0 radical (unpaired) electrons. The third-order valence-corrected chi connectivity index (χ3v) is 6.19. The van der Waals surface area contributed by atoms with Crippen molar-refractivity contribution in [1.29, 1.82) is 5.26 Å². The molecule has 3 amide bonds. The third kappa shape index (κ3) is 3.45. The number of nitrogens with one attached hydrogen (secondary N) is 1. The first-order valence-corrected chi connectivity index (χ1v) is 9.54. The maximum Gasteiger partial charge on any atom is 0.233 e. The van der Waals surface area contributed by atoms with Gasteiger partial charge in [-0.3, -0.25) is 19.3 Å². The summed E-state index contributed by atoms with van der Waals surface area (Å²) in [7, 11) is 0. The van der Waals surface area contributed by atoms with Crippen molar-refractivity contribution in [2.45, 2.75) is 45.4 Å². The monoisotopic (exact) mass is 359 g/mol. The molecule has 1 aromatic rings. The number of thiophene rings is 1. The molecule has 0 spiro atoms. The molecule has 25 heavy (non-hydrogen) atoms. The number of imide groups is 1. The average molecular weight is 359 g/mol. The third-order valence-electron chi connectivity index (χ3n) is 5.00. The molecule has 1 N–H and O–H groups in total. The molecule has 0 bridgehead atoms. The molecule has 1 aromatic heterocycles. The number of nitrogens with zero attached hydrogens (tertiary/aromatic N) is 2. The van der Waals surface area contributed by atoms with Crippen molar-refractivity contribution in [3.8, 4) is 6.07 Å². The van der Waals surface area contributed by atoms with Gasteiger partial charge in [-0.25, -0.2) is 0 Å². The van der Waals surface area contributed by atoms with E-state index in [1.807, 2.05) is 6.92 Å². The highest BCUT2D eigenvalue weighted by molar-refractivity contribution is 7.16. The zero-order valence-corrected chi connectivity index (χ0v) is 15.0. The Bertz CT molecular complexity index is 725. The Kier molecular flexibility index (Phi) is 5.19. The van der Waals surface area contributed by atoms with Gasteiger partial charge in [0.05, 0.1) is 17.4 Å². The largest absolute Gasteiger partial charge is 0.317 e. The van der Waals surface area contributed by atoms with E-state index in [0.29, 0.717) is 10.6 Å². The van der Waals surface area contributed by atoms with Crippen LogP contribution in [0.15, 0.2) is 6.07 Å². The maximum absolute atomic E-state index is 12.4. The van der Waals surface area contributed by atoms with Gasteiger partial charge in [-0.15, -0.1) is 11.3 Å². The Balaban J connectivity index is 1.59. The molecule has 3 rings (SSSR count). The highest BCUT2D eigenvalue weighted by Gasteiger charge is 2.47. The van der Waals surface area contributed by atoms with Crippen LogP contribution in [-0.2, 0) is 20.8 Å². The molecular weight excluding hydrogens is 338 g/mol. The summed E-state index contributed by atoms with van der Waals surface area (Å²) in [4.78, 5) is 39.3. The second-order valence-electron chi connectivity index (χ2n) is 6.54. The smallest absolute Gasteiger partial charge is 0.233 e. The lowest BCUT2D eigenvalue weighted by molar-refractivity contribution is -0.140. The van der Waals surface area contributed by atoms with Crippen LogP contribution in [-0.4, -0.2) is 29.2 Å². The van der Waals surface area contributed by atoms with Crippen molar-refractivity contribution < 1.29 is 14.4 Å². The Hall–Kier alpha value is -2.20. The molecule has 2 atom stereocenters. The van der Waals surface area contributed by atoms with E-state index in [0.717, 1.165) is 37.0 Å². The number of hydrogen-bond acceptors (Lipinski definition) is 5. The molecule has 1 saturated carbocycles. The fraction of sp³-hybridized carbons (Fsp3) is 0.556. The Morgan fingerprint density at radius 2 is 1.96 bits per heavy atom. The number of carbonyl (C=O) groups is 3. The van der Waals surface area contributed by atoms with Crippen LogP contribution in [0.25, 0.3) is 0 Å². The standard InChI is InChI=1S/C18H21N3O3S/c1-2-12-9-11(10-19)16(25-12)20-15(22)7-8-21-17(23)13-5-3-4-6-14(13)18(21)24/h9,13-14H,2-8H2,1H3,(H,20,22). The van der Waals surface area contributed by atoms with Crippen LogP contribution in [0.3, 0.4) is 0 Å². The van der Waals surface area contributed by atoms with Crippen molar-refractivity contribution in [1.82, 2.24) is 4.90 Å². The summed E-state index contributed by atoms with van der Waals surface area (Å²) in [5.41, 5.74) is 0.453. The second kappa shape index (κ2) is 7.36. The number of amides is 3. The first-order chi connectivity index (χ1) is 12.0. The lowest BCUT2D eigenvalue weighted by Crippen LogP contribution is -2.34. The minimum Gasteiger partial charge on any atom is -0.317 e. The summed E-state index contributed by atoms with van der Waals surface area (Å²) in [5, 5.41) is 12.4. The van der Waals surface area contributed by atoms with E-state index in [4.69, 9.17) is 5.26 Å². The van der Waals surface area contributed by atoms with Crippen LogP contribution < -0.4 is 5.32 Å². The maximum atomic E-state index is 12.4. The van der Waals surface area contributed by atoms with Gasteiger partial charge in [0, 0.05) is 17.8 Å². The van der Waals surface area contributed by atoms with Crippen molar-refractivity contribution >= 4 is 34.1 Å². The highest BCUT2D eigenvalue weighted by Crippen LogP contribution is 2.38. The van der Waals surface area contributed by atoms with Crippen LogP contribution in [0.4, 0.5) is 5.00 Å². The van der Waals surface area contributed by atoms with Crippen molar-refractivity contribution in [2.75, 3.05) is 11.9 Å². The van der Waals surface area contributed by atoms with E-state index in [9.17, 15) is 14.4 Å². The van der Waals surface area contributed by atoms with Crippen LogP contribution in [0.2, 0.25) is 0 Å². The van der Waals surface area contributed by atoms with Crippen molar-refractivity contribution in [3.05, 3.63) is 16.5 Å². The minimum absolute atomic E-state index is 0.0567. The van der Waals surface area contributed by atoms with Gasteiger partial charge >= 0.3 is 0 Å². The molecule has 1 saturated heterocycles. The molecule has 132 valence electrons. The second-order valence-corrected chi connectivity index (χ2v) is 7.68. The minimum atomic E-state index is -0.281. The topological polar surface area (TPSA) is 90.3 Å². The summed E-state index contributed by atoms with van der Waals surface area (Å²) >= 11 is 1.39. The summed E-state index contributed by atoms with van der Waals surface area (Å²) in [6, 6.07) is 3.85. The molecule has 2 unspecified atom stereocenters. The Labute approximate surface area is 150 Å². The predicted octanol–water partition coefficient (Wildman–Crippen LogP) is 2.69. The Morgan fingerprint density at radius 3 is 2.52 bits per heavy atom. The van der Waals surface area contributed by atoms with Gasteiger partial charge in [-0.2, -0.15) is 5.26 Å². The first-order valence-electron chi connectivity index (χ1n) is 8.73. The first kappa shape index (κ1) is 17.6. The number of rotatable bonds is 5. The molecule has 1 aliphatic heterocycles. The normalized spacial score (nSPS) is 22.6. The Morgan fingerprint density at radius 1 is 1.32 bits per heavy atom. The summed E-state index contributed by atoms with van der Waals surface area (Å²) < 4.78 is 0. The molecule has 2 aliphatic rings. The van der Waals surface area contributed by atoms with Crippen molar-refractivity contribution in [3.63, 3.8) is 0 Å². The van der Waals surface area contributed by atoms with Crippen molar-refractivity contribution in [2.24, 2.45) is 11.8 Å². The van der Waals surface area contributed by atoms with E-state index in [1.165, 1.54) is 16.2 Å². The van der Waals surface area contributed by atoms with Crippen LogP contribution in [0, 0.1) is 23.2 Å². The van der Waals surface area contributed by atoms with E-state index in [2.05, 4.69) is 11.4 Å². The number of likely N-dealkylation sites (tertiary alicyclic amines) is 1. The van der Waals surface area contributed by atoms with Gasteiger partial charge in [0.1, 0.15) is 11.1 Å². The van der Waals surface area contributed by atoms with E-state index in [-0.39, 0.29) is 42.5 Å². The number of carbonyl (C=O) groups excluding carboxylic acids is 3. The van der Waals surface area contributed by atoms with Gasteiger partial charge in [-0.05, 0) is 25.3 Å². The zero-order chi connectivity index (χ0) is 18.0. The fourth-order valence-electron chi connectivity index (χ4n) is 3.65. The average Bonchev–Trinajstić information content (AvgIpc) is 3.13. The fourth-order valence-corrected chi connectivity index (χ4v) is 4.61. The lowest BCUT2D eigenvalue weighted by atomic mass is 9.81. The SMILES string of the molecule is CCc1cc(C#N)c(NC(=O)CCN2C(=O)C3CCCCC3C2=O)s1. The number of nitriles is 1. The van der Waals surface area contributed by atoms with E-state index >= 15 is 0 Å². The molecule has 2 fully saturated rings. The quantitative estimate of drug-likeness (QED) is 0.819. The predicted molar refractivity (Wildman–Crippen MR) is 93.8 cm³/mol. The number of aryl methyl sites for hydroxylation is 1. The van der Waals surface area contributed by atoms with Crippen LogP contribution >= 0.6 is 11.3 Å². The zero-order valence-electron chi connectivity index (χ0n) is 14.2. The van der Waals surface area contributed by atoms with E-state index < -0.39 is 0 Å². The number of hydrogen-bond donors (Lipinski definition) is 1. The summed E-state index contributed by atoms with van der Waals surface area (Å²) in [6.45, 7) is 2.10. The molecule has 2 heterocycles. The molecule has 1 aliphatic carbocycles. The van der Waals surface area contributed by atoms with Gasteiger partial charge in [0.25, 0.3) is 0 Å². The summed E-state index contributed by atoms with van der Waals surface area (Å²) in [5.74, 6) is -0.886. The van der Waals surface area contributed by atoms with E-state index in [1.54, 1.807) is 6.07 Å². The molecule has 7 heteroatoms.